The summed E-state index contributed by atoms with van der Waals surface area (Å²) in [6, 6.07) is 8.42. The predicted octanol–water partition coefficient (Wildman–Crippen LogP) is 1.70. The molecular formula is C14H20N2O2S. The molecule has 5 heteroatoms. The van der Waals surface area contributed by atoms with E-state index in [0.717, 1.165) is 25.8 Å². The van der Waals surface area contributed by atoms with Crippen molar-refractivity contribution in [3.8, 4) is 0 Å². The molecule has 1 spiro atoms. The zero-order valence-corrected chi connectivity index (χ0v) is 12.0. The van der Waals surface area contributed by atoms with E-state index in [4.69, 9.17) is 0 Å². The van der Waals surface area contributed by atoms with Crippen molar-refractivity contribution in [2.75, 3.05) is 31.2 Å². The summed E-state index contributed by atoms with van der Waals surface area (Å²) in [4.78, 5) is 0. The molecule has 1 aromatic rings. The molecule has 0 atom stereocenters. The van der Waals surface area contributed by atoms with E-state index in [1.165, 1.54) is 17.5 Å². The van der Waals surface area contributed by atoms with Gasteiger partial charge in [0.05, 0.1) is 6.26 Å². The Balaban J connectivity index is 1.75. The minimum atomic E-state index is -3.03. The van der Waals surface area contributed by atoms with Gasteiger partial charge < -0.3 is 5.32 Å². The molecule has 1 aromatic carbocycles. The van der Waals surface area contributed by atoms with Gasteiger partial charge in [0.15, 0.2) is 0 Å². The fourth-order valence-corrected chi connectivity index (χ4v) is 4.09. The van der Waals surface area contributed by atoms with Gasteiger partial charge >= 0.3 is 0 Å². The summed E-state index contributed by atoms with van der Waals surface area (Å²) < 4.78 is 24.7. The van der Waals surface area contributed by atoms with Crippen LogP contribution in [-0.4, -0.2) is 38.6 Å². The number of hydrogen-bond acceptors (Lipinski definition) is 3. The van der Waals surface area contributed by atoms with E-state index in [1.54, 1.807) is 4.31 Å². The number of sulfonamides is 1. The second-order valence-corrected chi connectivity index (χ2v) is 7.83. The van der Waals surface area contributed by atoms with E-state index < -0.39 is 10.0 Å². The van der Waals surface area contributed by atoms with Gasteiger partial charge in [-0.2, -0.15) is 0 Å². The lowest BCUT2D eigenvalue weighted by atomic mass is 9.72. The van der Waals surface area contributed by atoms with Crippen LogP contribution in [0.25, 0.3) is 0 Å². The molecule has 2 heterocycles. The smallest absolute Gasteiger partial charge is 0.211 e. The maximum absolute atomic E-state index is 11.6. The average Bonchev–Trinajstić information content (AvgIpc) is 2.38. The quantitative estimate of drug-likeness (QED) is 0.852. The Bertz CT molecular complexity index is 575. The van der Waals surface area contributed by atoms with Crippen LogP contribution in [0.1, 0.15) is 18.4 Å². The Morgan fingerprint density at radius 1 is 1.21 bits per heavy atom. The molecule has 19 heavy (non-hydrogen) atoms. The number of benzene rings is 1. The molecule has 2 aliphatic rings. The van der Waals surface area contributed by atoms with E-state index in [-0.39, 0.29) is 5.41 Å². The lowest BCUT2D eigenvalue weighted by Gasteiger charge is -2.44. The lowest BCUT2D eigenvalue weighted by molar-refractivity contribution is 0.163. The number of para-hydroxylation sites is 1. The minimum absolute atomic E-state index is 0.232. The molecule has 3 rings (SSSR count). The zero-order valence-electron chi connectivity index (χ0n) is 11.2. The van der Waals surface area contributed by atoms with Gasteiger partial charge in [-0.1, -0.05) is 18.2 Å². The highest BCUT2D eigenvalue weighted by Gasteiger charge is 2.39. The highest BCUT2D eigenvalue weighted by Crippen LogP contribution is 2.40. The zero-order chi connectivity index (χ0) is 13.5. The van der Waals surface area contributed by atoms with E-state index in [0.29, 0.717) is 13.1 Å². The number of fused-ring (bicyclic) bond motifs is 1. The van der Waals surface area contributed by atoms with Gasteiger partial charge in [0.2, 0.25) is 10.0 Å². The first-order chi connectivity index (χ1) is 8.99. The molecule has 1 saturated heterocycles. The monoisotopic (exact) mass is 280 g/mol. The Kier molecular flexibility index (Phi) is 3.06. The van der Waals surface area contributed by atoms with Gasteiger partial charge in [0.25, 0.3) is 0 Å². The predicted molar refractivity (Wildman–Crippen MR) is 76.7 cm³/mol. The van der Waals surface area contributed by atoms with Crippen LogP contribution in [0.2, 0.25) is 0 Å². The van der Waals surface area contributed by atoms with Crippen molar-refractivity contribution >= 4 is 15.7 Å². The molecule has 0 bridgehead atoms. The highest BCUT2D eigenvalue weighted by atomic mass is 32.2. The summed E-state index contributed by atoms with van der Waals surface area (Å²) in [5.41, 5.74) is 2.83. The SMILES string of the molecule is CS(=O)(=O)N1CCC2(CC1)CNc1ccccc1C2. The first kappa shape index (κ1) is 12.9. The number of hydrogen-bond donors (Lipinski definition) is 1. The standard InChI is InChI=1S/C14H20N2O2S/c1-19(17,18)16-8-6-14(7-9-16)10-12-4-2-3-5-13(12)15-11-14/h2-5,15H,6-11H2,1H3. The molecule has 2 aliphatic heterocycles. The van der Waals surface area contributed by atoms with Crippen molar-refractivity contribution in [3.63, 3.8) is 0 Å². The van der Waals surface area contributed by atoms with Crippen LogP contribution >= 0.6 is 0 Å². The molecular weight excluding hydrogens is 260 g/mol. The Morgan fingerprint density at radius 3 is 2.58 bits per heavy atom. The molecule has 0 saturated carbocycles. The first-order valence-electron chi connectivity index (χ1n) is 6.76. The van der Waals surface area contributed by atoms with Gasteiger partial charge in [-0.25, -0.2) is 12.7 Å². The molecule has 0 amide bonds. The molecule has 0 aromatic heterocycles. The van der Waals surface area contributed by atoms with Gasteiger partial charge in [-0.05, 0) is 36.3 Å². The maximum Gasteiger partial charge on any atom is 0.211 e. The molecule has 0 unspecified atom stereocenters. The van der Waals surface area contributed by atoms with Crippen LogP contribution in [0.3, 0.4) is 0 Å². The van der Waals surface area contributed by atoms with Crippen LogP contribution < -0.4 is 5.32 Å². The lowest BCUT2D eigenvalue weighted by Crippen LogP contribution is -2.47. The number of nitrogens with zero attached hydrogens (tertiary/aromatic N) is 1. The van der Waals surface area contributed by atoms with Crippen LogP contribution in [-0.2, 0) is 16.4 Å². The molecule has 0 aliphatic carbocycles. The minimum Gasteiger partial charge on any atom is -0.384 e. The van der Waals surface area contributed by atoms with E-state index >= 15 is 0 Å². The summed E-state index contributed by atoms with van der Waals surface area (Å²) in [5.74, 6) is 0. The normalized spacial score (nSPS) is 22.8. The Labute approximate surface area is 114 Å². The van der Waals surface area contributed by atoms with Crippen molar-refractivity contribution in [1.29, 1.82) is 0 Å². The van der Waals surface area contributed by atoms with Gasteiger partial charge in [0, 0.05) is 25.3 Å². The van der Waals surface area contributed by atoms with Crippen LogP contribution in [0.4, 0.5) is 5.69 Å². The van der Waals surface area contributed by atoms with Crippen LogP contribution in [0.15, 0.2) is 24.3 Å². The summed E-state index contributed by atoms with van der Waals surface area (Å²) in [7, 11) is -3.03. The number of piperidine rings is 1. The number of rotatable bonds is 1. The fourth-order valence-electron chi connectivity index (χ4n) is 3.24. The Hall–Kier alpha value is -1.07. The molecule has 4 nitrogen and oxygen atoms in total. The second kappa shape index (κ2) is 4.49. The fraction of sp³-hybridized carbons (Fsp3) is 0.571. The highest BCUT2D eigenvalue weighted by molar-refractivity contribution is 7.88. The third-order valence-corrected chi connectivity index (χ3v) is 5.79. The number of nitrogens with one attached hydrogen (secondary N) is 1. The third-order valence-electron chi connectivity index (χ3n) is 4.49. The summed E-state index contributed by atoms with van der Waals surface area (Å²) >= 11 is 0. The van der Waals surface area contributed by atoms with Crippen molar-refractivity contribution in [1.82, 2.24) is 4.31 Å². The summed E-state index contributed by atoms with van der Waals surface area (Å²) in [6.45, 7) is 2.27. The first-order valence-corrected chi connectivity index (χ1v) is 8.60. The maximum atomic E-state index is 11.6. The molecule has 0 radical (unpaired) electrons. The summed E-state index contributed by atoms with van der Waals surface area (Å²) in [6.07, 6.45) is 4.26. The van der Waals surface area contributed by atoms with Crippen molar-refractivity contribution in [2.45, 2.75) is 19.3 Å². The largest absolute Gasteiger partial charge is 0.384 e. The average molecular weight is 280 g/mol. The van der Waals surface area contributed by atoms with E-state index in [1.807, 2.05) is 0 Å². The van der Waals surface area contributed by atoms with Gasteiger partial charge in [-0.3, -0.25) is 0 Å². The topological polar surface area (TPSA) is 49.4 Å². The number of anilines is 1. The van der Waals surface area contributed by atoms with E-state index in [2.05, 4.69) is 29.6 Å². The van der Waals surface area contributed by atoms with Crippen LogP contribution in [0.5, 0.6) is 0 Å². The summed E-state index contributed by atoms with van der Waals surface area (Å²) in [5, 5.41) is 3.51. The van der Waals surface area contributed by atoms with E-state index in [9.17, 15) is 8.42 Å². The van der Waals surface area contributed by atoms with Gasteiger partial charge in [0.1, 0.15) is 0 Å². The molecule has 1 N–H and O–H groups in total. The van der Waals surface area contributed by atoms with Crippen molar-refractivity contribution < 1.29 is 8.42 Å². The van der Waals surface area contributed by atoms with Crippen LogP contribution in [0, 0.1) is 5.41 Å². The molecule has 104 valence electrons. The van der Waals surface area contributed by atoms with Gasteiger partial charge in [-0.15, -0.1) is 0 Å². The Morgan fingerprint density at radius 2 is 1.89 bits per heavy atom. The van der Waals surface area contributed by atoms with Crippen molar-refractivity contribution in [3.05, 3.63) is 29.8 Å². The molecule has 1 fully saturated rings. The second-order valence-electron chi connectivity index (χ2n) is 5.85. The third kappa shape index (κ3) is 2.49. The van der Waals surface area contributed by atoms with Crippen molar-refractivity contribution in [2.24, 2.45) is 5.41 Å².